The fourth-order valence-corrected chi connectivity index (χ4v) is 3.98. The summed E-state index contributed by atoms with van der Waals surface area (Å²) in [6, 6.07) is 17.7. The molecule has 0 amide bonds. The lowest BCUT2D eigenvalue weighted by Crippen LogP contribution is -2.05. The van der Waals surface area contributed by atoms with Gasteiger partial charge in [-0.3, -0.25) is 0 Å². The molecule has 118 valence electrons. The van der Waals surface area contributed by atoms with E-state index in [4.69, 9.17) is 28.0 Å². The molecule has 0 N–H and O–H groups in total. The van der Waals surface area contributed by atoms with E-state index in [1.807, 2.05) is 48.5 Å². The maximum Gasteiger partial charge on any atom is 0.166 e. The molecule has 1 unspecified atom stereocenters. The molecule has 0 radical (unpaired) electrons. The molecular weight excluding hydrogens is 351 g/mol. The zero-order valence-corrected chi connectivity index (χ0v) is 14.6. The highest BCUT2D eigenvalue weighted by molar-refractivity contribution is 8.00. The molecule has 0 aliphatic carbocycles. The third kappa shape index (κ3) is 4.83. The summed E-state index contributed by atoms with van der Waals surface area (Å²) in [5.74, 6) is 0.951. The van der Waals surface area contributed by atoms with Gasteiger partial charge in [0.15, 0.2) is 14.7 Å². The fourth-order valence-electron chi connectivity index (χ4n) is 1.90. The average molecular weight is 366 g/mol. The first-order valence-electron chi connectivity index (χ1n) is 6.68. The minimum Gasteiger partial charge on any atom is -0.386 e. The lowest BCUT2D eigenvalue weighted by Gasteiger charge is -2.08. The van der Waals surface area contributed by atoms with E-state index in [1.54, 1.807) is 6.08 Å². The Bertz CT molecular complexity index is 697. The lowest BCUT2D eigenvalue weighted by atomic mass is 10.3. The molecule has 0 fully saturated rings. The molecule has 1 atom stereocenters. The van der Waals surface area contributed by atoms with Gasteiger partial charge in [0.25, 0.3) is 0 Å². The predicted molar refractivity (Wildman–Crippen MR) is 97.6 cm³/mol. The van der Waals surface area contributed by atoms with Gasteiger partial charge in [-0.1, -0.05) is 24.8 Å². The van der Waals surface area contributed by atoms with Gasteiger partial charge in [0, 0.05) is 0 Å². The molecule has 0 saturated heterocycles. The van der Waals surface area contributed by atoms with Crippen LogP contribution in [-0.4, -0.2) is 0 Å². The largest absolute Gasteiger partial charge is 0.386 e. The minimum absolute atomic E-state index is 0.344. The van der Waals surface area contributed by atoms with E-state index in [0.717, 1.165) is 14.7 Å². The molecule has 5 heteroatoms. The van der Waals surface area contributed by atoms with Crippen LogP contribution in [-0.2, 0) is 15.2 Å². The van der Waals surface area contributed by atoms with Crippen LogP contribution in [0.2, 0.25) is 0 Å². The van der Waals surface area contributed by atoms with Gasteiger partial charge in [-0.15, -0.1) is 0 Å². The Balaban J connectivity index is 2.37. The molecule has 0 aromatic heterocycles. The van der Waals surface area contributed by atoms with Crippen molar-refractivity contribution in [3.63, 3.8) is 0 Å². The van der Waals surface area contributed by atoms with Crippen LogP contribution < -0.4 is 4.29 Å². The van der Waals surface area contributed by atoms with E-state index >= 15 is 0 Å². The van der Waals surface area contributed by atoms with Crippen molar-refractivity contribution in [1.29, 1.82) is 0 Å². The molecule has 0 bridgehead atoms. The Hall–Kier alpha value is -1.81. The zero-order chi connectivity index (χ0) is 16.7. The normalized spacial score (nSPS) is 11.9. The zero-order valence-electron chi connectivity index (χ0n) is 12.2. The third-order valence-corrected chi connectivity index (χ3v) is 5.47. The third-order valence-electron chi connectivity index (χ3n) is 2.94. The van der Waals surface area contributed by atoms with Crippen LogP contribution in [0.4, 0.5) is 0 Å². The van der Waals surface area contributed by atoms with E-state index in [2.05, 4.69) is 29.6 Å². The second-order valence-corrected chi connectivity index (χ2v) is 6.90. The van der Waals surface area contributed by atoms with Crippen molar-refractivity contribution >= 4 is 34.6 Å². The van der Waals surface area contributed by atoms with Crippen LogP contribution in [0.3, 0.4) is 0 Å². The van der Waals surface area contributed by atoms with Crippen molar-refractivity contribution in [2.75, 3.05) is 0 Å². The summed E-state index contributed by atoms with van der Waals surface area (Å²) in [5, 5.41) is 0. The first-order chi connectivity index (χ1) is 11.2. The van der Waals surface area contributed by atoms with Gasteiger partial charge in [-0.25, -0.2) is 0 Å². The molecule has 2 nitrogen and oxygen atoms in total. The van der Waals surface area contributed by atoms with Crippen LogP contribution in [0.1, 0.15) is 0 Å². The number of hydrogen-bond acceptors (Lipinski definition) is 2. The number of halogens is 2. The Morgan fingerprint density at radius 1 is 0.870 bits per heavy atom. The van der Waals surface area contributed by atoms with Crippen molar-refractivity contribution in [1.82, 2.24) is 0 Å². The Morgan fingerprint density at radius 2 is 1.48 bits per heavy atom. The van der Waals surface area contributed by atoms with E-state index < -0.39 is 0 Å². The first kappa shape index (κ1) is 17.5. The van der Waals surface area contributed by atoms with Gasteiger partial charge in [-0.05, 0) is 55.1 Å². The Morgan fingerprint density at radius 3 is 2.04 bits per heavy atom. The molecule has 0 saturated carbocycles. The predicted octanol–water partition coefficient (Wildman–Crippen LogP) is 6.01. The van der Waals surface area contributed by atoms with Gasteiger partial charge < -0.3 is 8.58 Å². The summed E-state index contributed by atoms with van der Waals surface area (Å²) in [6.45, 7) is 7.85. The molecule has 2 rings (SSSR count). The number of rotatable bonds is 7. The summed E-state index contributed by atoms with van der Waals surface area (Å²) in [6.07, 6.45) is 3.54. The summed E-state index contributed by atoms with van der Waals surface area (Å²) >= 11 is 10.7. The van der Waals surface area contributed by atoms with Crippen LogP contribution in [0.5, 0.6) is 5.75 Å². The monoisotopic (exact) mass is 365 g/mol. The maximum absolute atomic E-state index is 5.38. The Kier molecular flexibility index (Phi) is 6.66. The smallest absolute Gasteiger partial charge is 0.166 e. The number of hydrogen-bond donors (Lipinski definition) is 0. The number of allylic oxidation sites excluding steroid dienone is 2. The van der Waals surface area contributed by atoms with E-state index in [9.17, 15) is 0 Å². The summed E-state index contributed by atoms with van der Waals surface area (Å²) in [7, 11) is -0.344. The van der Waals surface area contributed by atoms with Gasteiger partial charge in [0.2, 0.25) is 0 Å². The number of benzene rings is 2. The maximum atomic E-state index is 5.38. The van der Waals surface area contributed by atoms with Crippen molar-refractivity contribution < 1.29 is 8.58 Å². The average Bonchev–Trinajstić information content (AvgIpc) is 2.61. The first-order valence-corrected chi connectivity index (χ1v) is 8.52. The topological polar surface area (TPSA) is 18.5 Å². The van der Waals surface area contributed by atoms with Gasteiger partial charge >= 0.3 is 0 Å². The highest BCUT2D eigenvalue weighted by Crippen LogP contribution is 2.31. The SMILES string of the molecule is C=C(/C=C\C(=C)[S+](c1ccccc1)c1ccc(OCl)cc1)OCl. The summed E-state index contributed by atoms with van der Waals surface area (Å²) in [4.78, 5) is 3.16. The van der Waals surface area contributed by atoms with E-state index in [1.165, 1.54) is 0 Å². The second kappa shape index (κ2) is 8.73. The Labute approximate surface area is 149 Å². The second-order valence-electron chi connectivity index (χ2n) is 4.51. The molecule has 23 heavy (non-hydrogen) atoms. The molecule has 2 aromatic rings. The van der Waals surface area contributed by atoms with Crippen LogP contribution in [0.15, 0.2) is 100 Å². The van der Waals surface area contributed by atoms with E-state index in [0.29, 0.717) is 11.5 Å². The van der Waals surface area contributed by atoms with Gasteiger partial charge in [-0.2, -0.15) is 0 Å². The van der Waals surface area contributed by atoms with Crippen LogP contribution in [0.25, 0.3) is 0 Å². The van der Waals surface area contributed by atoms with Crippen molar-refractivity contribution in [2.24, 2.45) is 0 Å². The quantitative estimate of drug-likeness (QED) is 0.339. The molecule has 0 aliphatic rings. The van der Waals surface area contributed by atoms with Crippen LogP contribution >= 0.6 is 23.7 Å². The van der Waals surface area contributed by atoms with Crippen molar-refractivity contribution in [3.05, 3.63) is 90.6 Å². The molecule has 0 heterocycles. The van der Waals surface area contributed by atoms with Gasteiger partial charge in [0.05, 0.1) is 10.9 Å². The highest BCUT2D eigenvalue weighted by atomic mass is 35.5. The summed E-state index contributed by atoms with van der Waals surface area (Å²) < 4.78 is 9.25. The fraction of sp³-hybridized carbons (Fsp3) is 0. The standard InChI is InChI=1S/C18H15Cl2O2S/c1-14(21-19)8-9-15(2)23(17-6-4-3-5-7-17)18-12-10-16(22-20)11-13-18/h3-13H,1-2H2/q+1/b9-8-. The minimum atomic E-state index is -0.344. The van der Waals surface area contributed by atoms with Crippen molar-refractivity contribution in [2.45, 2.75) is 9.79 Å². The molecule has 0 spiro atoms. The molecule has 2 aromatic carbocycles. The molecule has 0 aliphatic heterocycles. The molecular formula is C18H15Cl2O2S+. The van der Waals surface area contributed by atoms with Crippen molar-refractivity contribution in [3.8, 4) is 5.75 Å². The van der Waals surface area contributed by atoms with Gasteiger partial charge in [0.1, 0.15) is 35.2 Å². The lowest BCUT2D eigenvalue weighted by molar-refractivity contribution is 0.498. The summed E-state index contributed by atoms with van der Waals surface area (Å²) in [5.41, 5.74) is 0. The van der Waals surface area contributed by atoms with Crippen LogP contribution in [0, 0.1) is 0 Å². The highest BCUT2D eigenvalue weighted by Gasteiger charge is 2.28. The van der Waals surface area contributed by atoms with E-state index in [-0.39, 0.29) is 10.9 Å².